The van der Waals surface area contributed by atoms with Crippen LogP contribution in [0.3, 0.4) is 0 Å². The van der Waals surface area contributed by atoms with Gasteiger partial charge in [0.05, 0.1) is 22.3 Å². The number of carboxylic acid groups (broad SMARTS) is 1. The number of carbonyl (C=O) groups is 1. The van der Waals surface area contributed by atoms with E-state index in [1.807, 2.05) is 0 Å². The summed E-state index contributed by atoms with van der Waals surface area (Å²) in [4.78, 5) is 13.1. The first-order valence-corrected chi connectivity index (χ1v) is 8.07. The van der Waals surface area contributed by atoms with Crippen molar-refractivity contribution < 1.29 is 23.4 Å². The van der Waals surface area contributed by atoms with Gasteiger partial charge in [0.1, 0.15) is 0 Å². The third-order valence-electron chi connectivity index (χ3n) is 3.51. The molecule has 0 amide bonds. The lowest BCUT2D eigenvalue weighted by Gasteiger charge is -2.32. The van der Waals surface area contributed by atoms with E-state index in [4.69, 9.17) is 0 Å². The van der Waals surface area contributed by atoms with Gasteiger partial charge in [-0.25, -0.2) is 17.9 Å². The van der Waals surface area contributed by atoms with Crippen molar-refractivity contribution in [3.8, 4) is 0 Å². The molecule has 1 fully saturated rings. The molecule has 1 saturated heterocycles. The van der Waals surface area contributed by atoms with Gasteiger partial charge in [-0.15, -0.1) is 0 Å². The average Bonchev–Trinajstić information content (AvgIpc) is 2.46. The molecule has 3 N–H and O–H groups in total. The number of aliphatic hydroxyl groups excluding tert-OH is 1. The van der Waals surface area contributed by atoms with Crippen molar-refractivity contribution >= 4 is 21.7 Å². The van der Waals surface area contributed by atoms with E-state index in [2.05, 4.69) is 4.72 Å². The van der Waals surface area contributed by atoms with Gasteiger partial charge in [0.2, 0.25) is 10.0 Å². The Kier molecular flexibility index (Phi) is 4.50. The maximum absolute atomic E-state index is 11.8. The number of hydrogen-bond acceptors (Lipinski definition) is 5. The van der Waals surface area contributed by atoms with Crippen LogP contribution in [0, 0.1) is 0 Å². The van der Waals surface area contributed by atoms with Crippen LogP contribution in [0.1, 0.15) is 23.2 Å². The largest absolute Gasteiger partial charge is 0.478 e. The zero-order chi connectivity index (χ0) is 15.6. The molecule has 0 aliphatic carbocycles. The Hall–Kier alpha value is -1.64. The van der Waals surface area contributed by atoms with Gasteiger partial charge in [0.15, 0.2) is 0 Å². The molecule has 0 spiro atoms. The number of piperidine rings is 1. The van der Waals surface area contributed by atoms with Gasteiger partial charge < -0.3 is 15.1 Å². The topological polar surface area (TPSA) is 107 Å². The second-order valence-corrected chi connectivity index (χ2v) is 6.82. The van der Waals surface area contributed by atoms with Gasteiger partial charge in [0.25, 0.3) is 0 Å². The fourth-order valence-electron chi connectivity index (χ4n) is 2.42. The predicted molar refractivity (Wildman–Crippen MR) is 77.1 cm³/mol. The van der Waals surface area contributed by atoms with E-state index < -0.39 is 22.1 Å². The molecule has 21 heavy (non-hydrogen) atoms. The van der Waals surface area contributed by atoms with Crippen molar-refractivity contribution in [3.63, 3.8) is 0 Å². The van der Waals surface area contributed by atoms with Crippen molar-refractivity contribution in [2.24, 2.45) is 0 Å². The van der Waals surface area contributed by atoms with Crippen LogP contribution in [-0.4, -0.2) is 50.8 Å². The molecule has 1 aromatic carbocycles. The van der Waals surface area contributed by atoms with Crippen LogP contribution in [0.2, 0.25) is 0 Å². The number of benzene rings is 1. The first-order chi connectivity index (χ1) is 9.85. The number of β-amino-alcohol motifs (C(OH)–C–C–N with tert-alkyl or cyclic N) is 1. The van der Waals surface area contributed by atoms with Gasteiger partial charge in [-0.05, 0) is 38.1 Å². The van der Waals surface area contributed by atoms with E-state index in [1.165, 1.54) is 19.2 Å². The monoisotopic (exact) mass is 314 g/mol. The van der Waals surface area contributed by atoms with Crippen LogP contribution in [0.4, 0.5) is 5.69 Å². The minimum absolute atomic E-state index is 0.0829. The summed E-state index contributed by atoms with van der Waals surface area (Å²) in [6.45, 7) is 0.980. The first-order valence-electron chi connectivity index (χ1n) is 6.59. The summed E-state index contributed by atoms with van der Waals surface area (Å²) in [7, 11) is -2.43. The van der Waals surface area contributed by atoms with Crippen LogP contribution in [0.25, 0.3) is 0 Å². The normalized spacial score (nSPS) is 19.5. The van der Waals surface area contributed by atoms with Crippen molar-refractivity contribution in [2.45, 2.75) is 23.8 Å². The predicted octanol–water partition coefficient (Wildman–Crippen LogP) is 0.254. The minimum Gasteiger partial charge on any atom is -0.478 e. The average molecular weight is 314 g/mol. The zero-order valence-corrected chi connectivity index (χ0v) is 12.4. The van der Waals surface area contributed by atoms with Gasteiger partial charge in [0, 0.05) is 13.1 Å². The van der Waals surface area contributed by atoms with Crippen molar-refractivity contribution in [2.75, 3.05) is 25.0 Å². The second kappa shape index (κ2) is 6.00. The van der Waals surface area contributed by atoms with E-state index in [0.29, 0.717) is 25.2 Å². The summed E-state index contributed by atoms with van der Waals surface area (Å²) < 4.78 is 25.7. The summed E-state index contributed by atoms with van der Waals surface area (Å²) in [5.74, 6) is -1.20. The molecule has 2 rings (SSSR count). The molecule has 116 valence electrons. The minimum atomic E-state index is -3.69. The summed E-state index contributed by atoms with van der Waals surface area (Å²) in [5.41, 5.74) is 0.344. The number of anilines is 1. The quantitative estimate of drug-likeness (QED) is 0.735. The molecule has 0 saturated carbocycles. The number of sulfonamides is 1. The number of nitrogens with zero attached hydrogens (tertiary/aromatic N) is 1. The van der Waals surface area contributed by atoms with Crippen LogP contribution >= 0.6 is 0 Å². The second-order valence-electron chi connectivity index (χ2n) is 4.93. The summed E-state index contributed by atoms with van der Waals surface area (Å²) >= 11 is 0. The fourth-order valence-corrected chi connectivity index (χ4v) is 3.18. The molecule has 0 radical (unpaired) electrons. The third kappa shape index (κ3) is 3.34. The molecule has 1 unspecified atom stereocenters. The lowest BCUT2D eigenvalue weighted by molar-refractivity contribution is 0.0696. The molecule has 8 heteroatoms. The highest BCUT2D eigenvalue weighted by Crippen LogP contribution is 2.27. The van der Waals surface area contributed by atoms with E-state index in [-0.39, 0.29) is 10.5 Å². The summed E-state index contributed by atoms with van der Waals surface area (Å²) in [5, 5.41) is 19.0. The maximum Gasteiger partial charge on any atom is 0.337 e. The van der Waals surface area contributed by atoms with E-state index in [9.17, 15) is 23.4 Å². The lowest BCUT2D eigenvalue weighted by atomic mass is 10.1. The SMILES string of the molecule is CNS(=O)(=O)c1ccc(N2CCCC(O)C2)c(C(=O)O)c1. The van der Waals surface area contributed by atoms with Crippen LogP contribution in [0.15, 0.2) is 23.1 Å². The van der Waals surface area contributed by atoms with Crippen molar-refractivity contribution in [3.05, 3.63) is 23.8 Å². The molecule has 0 bridgehead atoms. The molecular weight excluding hydrogens is 296 g/mol. The Morgan fingerprint density at radius 3 is 2.71 bits per heavy atom. The molecule has 1 aromatic rings. The van der Waals surface area contributed by atoms with Crippen molar-refractivity contribution in [1.29, 1.82) is 0 Å². The molecule has 1 aliphatic rings. The van der Waals surface area contributed by atoms with Crippen LogP contribution in [0.5, 0.6) is 0 Å². The van der Waals surface area contributed by atoms with E-state index in [1.54, 1.807) is 4.90 Å². The van der Waals surface area contributed by atoms with Gasteiger partial charge in [-0.1, -0.05) is 0 Å². The summed E-state index contributed by atoms with van der Waals surface area (Å²) in [6.07, 6.45) is 0.947. The van der Waals surface area contributed by atoms with Crippen LogP contribution < -0.4 is 9.62 Å². The van der Waals surface area contributed by atoms with Crippen molar-refractivity contribution in [1.82, 2.24) is 4.72 Å². The Morgan fingerprint density at radius 1 is 1.43 bits per heavy atom. The molecular formula is C13H18N2O5S. The van der Waals surface area contributed by atoms with Gasteiger partial charge >= 0.3 is 5.97 Å². The molecule has 0 aromatic heterocycles. The number of aromatic carboxylic acids is 1. The van der Waals surface area contributed by atoms with Gasteiger partial charge in [-0.2, -0.15) is 0 Å². The molecule has 7 nitrogen and oxygen atoms in total. The highest BCUT2D eigenvalue weighted by Gasteiger charge is 2.24. The Balaban J connectivity index is 2.45. The Bertz CT molecular complexity index is 644. The first kappa shape index (κ1) is 15.7. The molecule has 1 atom stereocenters. The number of rotatable bonds is 4. The molecule has 1 heterocycles. The van der Waals surface area contributed by atoms with Crippen LogP contribution in [-0.2, 0) is 10.0 Å². The Labute approximate surface area is 123 Å². The highest BCUT2D eigenvalue weighted by molar-refractivity contribution is 7.89. The molecule has 1 aliphatic heterocycles. The highest BCUT2D eigenvalue weighted by atomic mass is 32.2. The Morgan fingerprint density at radius 2 is 2.14 bits per heavy atom. The summed E-state index contributed by atoms with van der Waals surface area (Å²) in [6, 6.07) is 3.99. The number of nitrogens with one attached hydrogen (secondary N) is 1. The maximum atomic E-state index is 11.8. The fraction of sp³-hybridized carbons (Fsp3) is 0.462. The van der Waals surface area contributed by atoms with E-state index in [0.717, 1.165) is 12.5 Å². The lowest BCUT2D eigenvalue weighted by Crippen LogP contribution is -2.39. The number of carboxylic acids is 1. The van der Waals surface area contributed by atoms with E-state index >= 15 is 0 Å². The standard InChI is InChI=1S/C13H18N2O5S/c1-14-21(19,20)10-4-5-12(11(7-10)13(17)18)15-6-2-3-9(16)8-15/h4-5,7,9,14,16H,2-3,6,8H2,1H3,(H,17,18). The number of hydrogen-bond donors (Lipinski definition) is 3. The third-order valence-corrected chi connectivity index (χ3v) is 4.93. The van der Waals surface area contributed by atoms with Gasteiger partial charge in [-0.3, -0.25) is 0 Å². The smallest absolute Gasteiger partial charge is 0.337 e. The zero-order valence-electron chi connectivity index (χ0n) is 11.6. The number of aliphatic hydroxyl groups is 1.